The molecule has 25 heavy (non-hydrogen) atoms. The van der Waals surface area contributed by atoms with Crippen molar-refractivity contribution in [3.8, 4) is 0 Å². The predicted molar refractivity (Wildman–Crippen MR) is 105 cm³/mol. The Morgan fingerprint density at radius 3 is 2.92 bits per heavy atom. The standard InChI is InChI=1S/C19H25N3OS.ClH/c1-15(18-8-5-13-24-18)19(23)22(14-16-6-2-3-11-21-16)17-7-4-10-20-12-9-17;/h2-3,5-6,8,11,13,15,17,20H,4,7,9-10,12,14H2,1H3;1H. The van der Waals surface area contributed by atoms with E-state index in [1.54, 1.807) is 17.5 Å². The lowest BCUT2D eigenvalue weighted by atomic mass is 10.0. The topological polar surface area (TPSA) is 45.2 Å². The van der Waals surface area contributed by atoms with E-state index in [4.69, 9.17) is 0 Å². The van der Waals surface area contributed by atoms with Gasteiger partial charge in [0.25, 0.3) is 0 Å². The van der Waals surface area contributed by atoms with Gasteiger partial charge in [0.1, 0.15) is 0 Å². The van der Waals surface area contributed by atoms with Crippen molar-refractivity contribution in [1.82, 2.24) is 15.2 Å². The molecular formula is C19H26ClN3OS. The van der Waals surface area contributed by atoms with Crippen LogP contribution in [0.3, 0.4) is 0 Å². The number of aromatic nitrogens is 1. The molecule has 2 atom stereocenters. The highest BCUT2D eigenvalue weighted by Crippen LogP contribution is 2.26. The highest BCUT2D eigenvalue weighted by molar-refractivity contribution is 7.10. The Balaban J connectivity index is 0.00000225. The molecule has 0 aliphatic carbocycles. The van der Waals surface area contributed by atoms with Gasteiger partial charge in [-0.3, -0.25) is 9.78 Å². The molecule has 3 heterocycles. The van der Waals surface area contributed by atoms with Gasteiger partial charge in [-0.15, -0.1) is 23.7 Å². The van der Waals surface area contributed by atoms with Gasteiger partial charge in [-0.05, 0) is 62.9 Å². The molecule has 0 saturated carbocycles. The molecule has 2 unspecified atom stereocenters. The van der Waals surface area contributed by atoms with Gasteiger partial charge in [0.15, 0.2) is 0 Å². The monoisotopic (exact) mass is 379 g/mol. The molecule has 0 spiro atoms. The molecule has 0 radical (unpaired) electrons. The Bertz CT molecular complexity index is 627. The molecule has 1 fully saturated rings. The second kappa shape index (κ2) is 9.90. The molecule has 1 aliphatic rings. The van der Waals surface area contributed by atoms with Crippen LogP contribution < -0.4 is 5.32 Å². The van der Waals surface area contributed by atoms with Crippen molar-refractivity contribution < 1.29 is 4.79 Å². The summed E-state index contributed by atoms with van der Waals surface area (Å²) in [5.74, 6) is 0.125. The quantitative estimate of drug-likeness (QED) is 0.858. The average molecular weight is 380 g/mol. The summed E-state index contributed by atoms with van der Waals surface area (Å²) < 4.78 is 0. The summed E-state index contributed by atoms with van der Waals surface area (Å²) in [6.07, 6.45) is 4.98. The van der Waals surface area contributed by atoms with Crippen LogP contribution >= 0.6 is 23.7 Å². The molecule has 136 valence electrons. The summed E-state index contributed by atoms with van der Waals surface area (Å²) in [6, 6.07) is 10.3. The Morgan fingerprint density at radius 2 is 2.20 bits per heavy atom. The second-order valence-electron chi connectivity index (χ2n) is 6.36. The van der Waals surface area contributed by atoms with E-state index >= 15 is 0 Å². The van der Waals surface area contributed by atoms with E-state index in [0.717, 1.165) is 42.9 Å². The fourth-order valence-electron chi connectivity index (χ4n) is 3.27. The highest BCUT2D eigenvalue weighted by atomic mass is 35.5. The number of rotatable bonds is 5. The first kappa shape index (κ1) is 19.9. The van der Waals surface area contributed by atoms with Crippen LogP contribution in [0.15, 0.2) is 41.9 Å². The number of halogens is 1. The minimum absolute atomic E-state index is 0. The van der Waals surface area contributed by atoms with Crippen LogP contribution in [0.1, 0.15) is 42.7 Å². The van der Waals surface area contributed by atoms with Crippen LogP contribution in [0.4, 0.5) is 0 Å². The van der Waals surface area contributed by atoms with Crippen LogP contribution in [0, 0.1) is 0 Å². The Hall–Kier alpha value is -1.43. The first-order valence-electron chi connectivity index (χ1n) is 8.70. The van der Waals surface area contributed by atoms with Crippen LogP contribution in [-0.4, -0.2) is 34.9 Å². The summed E-state index contributed by atoms with van der Waals surface area (Å²) in [7, 11) is 0. The van der Waals surface area contributed by atoms with Crippen molar-refractivity contribution in [2.75, 3.05) is 13.1 Å². The zero-order valence-corrected chi connectivity index (χ0v) is 16.2. The predicted octanol–water partition coefficient (Wildman–Crippen LogP) is 3.84. The molecule has 6 heteroatoms. The third-order valence-electron chi connectivity index (χ3n) is 4.67. The van der Waals surface area contributed by atoms with Crippen molar-refractivity contribution in [3.63, 3.8) is 0 Å². The van der Waals surface area contributed by atoms with E-state index in [9.17, 15) is 4.79 Å². The molecule has 2 aromatic heterocycles. The van der Waals surface area contributed by atoms with Crippen LogP contribution in [0.5, 0.6) is 0 Å². The van der Waals surface area contributed by atoms with Crippen LogP contribution in [0.25, 0.3) is 0 Å². The molecule has 0 aromatic carbocycles. The highest BCUT2D eigenvalue weighted by Gasteiger charge is 2.29. The van der Waals surface area contributed by atoms with Gasteiger partial charge in [0, 0.05) is 17.1 Å². The number of amides is 1. The number of carbonyl (C=O) groups is 1. The SMILES string of the molecule is CC(C(=O)N(Cc1ccccn1)C1CCCNCC1)c1cccs1.Cl. The van der Waals surface area contributed by atoms with Gasteiger partial charge in [0.2, 0.25) is 5.91 Å². The van der Waals surface area contributed by atoms with Gasteiger partial charge in [0.05, 0.1) is 18.2 Å². The van der Waals surface area contributed by atoms with E-state index < -0.39 is 0 Å². The molecule has 3 rings (SSSR count). The van der Waals surface area contributed by atoms with Gasteiger partial charge in [-0.2, -0.15) is 0 Å². The molecule has 4 nitrogen and oxygen atoms in total. The third kappa shape index (κ3) is 5.27. The Kier molecular flexibility index (Phi) is 7.88. The summed E-state index contributed by atoms with van der Waals surface area (Å²) in [6.45, 7) is 4.64. The lowest BCUT2D eigenvalue weighted by molar-refractivity contribution is -0.135. The fourth-order valence-corrected chi connectivity index (χ4v) is 4.05. The van der Waals surface area contributed by atoms with Crippen LogP contribution in [-0.2, 0) is 11.3 Å². The van der Waals surface area contributed by atoms with Crippen molar-refractivity contribution >= 4 is 29.7 Å². The summed E-state index contributed by atoms with van der Waals surface area (Å²) >= 11 is 1.66. The lowest BCUT2D eigenvalue weighted by Crippen LogP contribution is -2.42. The minimum atomic E-state index is -0.0927. The molecular weight excluding hydrogens is 354 g/mol. The van der Waals surface area contributed by atoms with Gasteiger partial charge in [-0.1, -0.05) is 12.1 Å². The fraction of sp³-hybridized carbons (Fsp3) is 0.474. The molecule has 0 bridgehead atoms. The summed E-state index contributed by atoms with van der Waals surface area (Å²) in [5, 5.41) is 5.48. The molecule has 2 aromatic rings. The number of hydrogen-bond donors (Lipinski definition) is 1. The smallest absolute Gasteiger partial charge is 0.231 e. The summed E-state index contributed by atoms with van der Waals surface area (Å²) in [4.78, 5) is 20.9. The van der Waals surface area contributed by atoms with E-state index in [-0.39, 0.29) is 30.3 Å². The van der Waals surface area contributed by atoms with Gasteiger partial charge < -0.3 is 10.2 Å². The number of hydrogen-bond acceptors (Lipinski definition) is 4. The largest absolute Gasteiger partial charge is 0.333 e. The third-order valence-corrected chi connectivity index (χ3v) is 5.72. The first-order chi connectivity index (χ1) is 11.8. The van der Waals surface area contributed by atoms with Crippen molar-refractivity contribution in [2.45, 2.75) is 44.7 Å². The van der Waals surface area contributed by atoms with E-state index in [1.807, 2.05) is 36.6 Å². The minimum Gasteiger partial charge on any atom is -0.333 e. The van der Waals surface area contributed by atoms with E-state index in [0.29, 0.717) is 6.54 Å². The van der Waals surface area contributed by atoms with E-state index in [2.05, 4.69) is 21.3 Å². The van der Waals surface area contributed by atoms with Crippen molar-refractivity contribution in [3.05, 3.63) is 52.5 Å². The summed E-state index contributed by atoms with van der Waals surface area (Å²) in [5.41, 5.74) is 0.960. The normalized spacial score (nSPS) is 18.7. The second-order valence-corrected chi connectivity index (χ2v) is 7.34. The number of thiophene rings is 1. The zero-order valence-electron chi connectivity index (χ0n) is 14.6. The lowest BCUT2D eigenvalue weighted by Gasteiger charge is -2.33. The number of nitrogens with one attached hydrogen (secondary N) is 1. The Morgan fingerprint density at radius 1 is 1.32 bits per heavy atom. The molecule has 1 amide bonds. The molecule has 1 aliphatic heterocycles. The van der Waals surface area contributed by atoms with Crippen molar-refractivity contribution in [1.29, 1.82) is 0 Å². The molecule has 1 saturated heterocycles. The maximum atomic E-state index is 13.2. The van der Waals surface area contributed by atoms with E-state index in [1.165, 1.54) is 0 Å². The van der Waals surface area contributed by atoms with Gasteiger partial charge >= 0.3 is 0 Å². The van der Waals surface area contributed by atoms with Crippen LogP contribution in [0.2, 0.25) is 0 Å². The first-order valence-corrected chi connectivity index (χ1v) is 9.58. The number of nitrogens with zero attached hydrogens (tertiary/aromatic N) is 2. The Labute approximate surface area is 160 Å². The van der Waals surface area contributed by atoms with Gasteiger partial charge in [-0.25, -0.2) is 0 Å². The maximum absolute atomic E-state index is 13.2. The number of carbonyl (C=O) groups excluding carboxylic acids is 1. The maximum Gasteiger partial charge on any atom is 0.231 e. The van der Waals surface area contributed by atoms with Crippen molar-refractivity contribution in [2.24, 2.45) is 0 Å². The average Bonchev–Trinajstić information content (AvgIpc) is 3.02. The number of pyridine rings is 1. The molecule has 1 N–H and O–H groups in total. The zero-order chi connectivity index (χ0) is 16.8.